The van der Waals surface area contributed by atoms with Gasteiger partial charge in [-0.25, -0.2) is 0 Å². The molecule has 0 saturated carbocycles. The third-order valence-corrected chi connectivity index (χ3v) is 6.21. The van der Waals surface area contributed by atoms with E-state index in [-0.39, 0.29) is 34.5 Å². The number of amides is 1. The molecule has 0 bridgehead atoms. The summed E-state index contributed by atoms with van der Waals surface area (Å²) in [6, 6.07) is 11.9. The predicted molar refractivity (Wildman–Crippen MR) is 118 cm³/mol. The lowest BCUT2D eigenvalue weighted by Crippen LogP contribution is -2.24. The number of fused-ring (bicyclic) bond motifs is 1. The number of rotatable bonds is 6. The van der Waals surface area contributed by atoms with Crippen LogP contribution in [0.2, 0.25) is 5.02 Å². The van der Waals surface area contributed by atoms with Gasteiger partial charge in [-0.2, -0.15) is 0 Å². The summed E-state index contributed by atoms with van der Waals surface area (Å²) in [6.07, 6.45) is 0. The van der Waals surface area contributed by atoms with Crippen molar-refractivity contribution in [3.63, 3.8) is 0 Å². The number of Topliss-reactive ketones (excluding diaryl/α,β-unsaturated/α-hetero) is 1. The maximum atomic E-state index is 12.7. The van der Waals surface area contributed by atoms with Gasteiger partial charge >= 0.3 is 4.87 Å². The second-order valence-electron chi connectivity index (χ2n) is 6.96. The molecule has 9 heteroatoms. The molecule has 1 N–H and O–H groups in total. The highest BCUT2D eigenvalue weighted by molar-refractivity contribution is 7.11. The lowest BCUT2D eigenvalue weighted by molar-refractivity contribution is 0.0945. The van der Waals surface area contributed by atoms with Crippen LogP contribution in [0.3, 0.4) is 0 Å². The van der Waals surface area contributed by atoms with Crippen LogP contribution >= 0.6 is 22.9 Å². The van der Waals surface area contributed by atoms with Gasteiger partial charge < -0.3 is 14.8 Å². The Morgan fingerprint density at radius 3 is 2.55 bits per heavy atom. The number of carbonyl (C=O) groups is 2. The van der Waals surface area contributed by atoms with E-state index in [0.717, 1.165) is 16.9 Å². The topological polar surface area (TPSA) is 86.6 Å². The SMILES string of the molecule is Cc1c(C(=O)NCc2ccc3c(c2)OCCO3)sc(=O)n1CC(=O)c1ccc(Cl)cc1. The van der Waals surface area contributed by atoms with Crippen LogP contribution in [0, 0.1) is 6.92 Å². The monoisotopic (exact) mass is 458 g/mol. The minimum atomic E-state index is -0.368. The lowest BCUT2D eigenvalue weighted by Gasteiger charge is -2.18. The number of hydrogen-bond donors (Lipinski definition) is 1. The van der Waals surface area contributed by atoms with Crippen LogP contribution in [0.1, 0.15) is 31.3 Å². The number of ether oxygens (including phenoxy) is 2. The highest BCUT2D eigenvalue weighted by atomic mass is 35.5. The Balaban J connectivity index is 1.45. The largest absolute Gasteiger partial charge is 0.486 e. The molecule has 1 aliphatic rings. The zero-order valence-electron chi connectivity index (χ0n) is 16.6. The van der Waals surface area contributed by atoms with Gasteiger partial charge in [0.05, 0.1) is 6.54 Å². The van der Waals surface area contributed by atoms with Crippen LogP contribution < -0.4 is 19.7 Å². The smallest absolute Gasteiger partial charge is 0.308 e. The number of ketones is 1. The number of benzene rings is 2. The zero-order valence-corrected chi connectivity index (χ0v) is 18.2. The van der Waals surface area contributed by atoms with Gasteiger partial charge in [-0.05, 0) is 48.9 Å². The molecule has 160 valence electrons. The Kier molecular flexibility index (Phi) is 6.11. The third-order valence-electron chi connectivity index (χ3n) is 4.88. The van der Waals surface area contributed by atoms with E-state index < -0.39 is 0 Å². The predicted octanol–water partition coefficient (Wildman–Crippen LogP) is 3.46. The van der Waals surface area contributed by atoms with Crippen molar-refractivity contribution in [1.82, 2.24) is 9.88 Å². The van der Waals surface area contributed by atoms with Crippen molar-refractivity contribution in [1.29, 1.82) is 0 Å². The Morgan fingerprint density at radius 2 is 1.81 bits per heavy atom. The highest BCUT2D eigenvalue weighted by Gasteiger charge is 2.20. The van der Waals surface area contributed by atoms with E-state index in [1.54, 1.807) is 37.3 Å². The van der Waals surface area contributed by atoms with E-state index in [1.165, 1.54) is 4.57 Å². The Hall–Kier alpha value is -3.10. The summed E-state index contributed by atoms with van der Waals surface area (Å²) in [4.78, 5) is 37.5. The average molecular weight is 459 g/mol. The molecule has 1 aromatic heterocycles. The van der Waals surface area contributed by atoms with Crippen molar-refractivity contribution < 1.29 is 19.1 Å². The van der Waals surface area contributed by atoms with Crippen LogP contribution in [0.4, 0.5) is 0 Å². The van der Waals surface area contributed by atoms with Crippen molar-refractivity contribution in [2.24, 2.45) is 0 Å². The van der Waals surface area contributed by atoms with Gasteiger partial charge in [-0.1, -0.05) is 29.0 Å². The molecule has 7 nitrogen and oxygen atoms in total. The maximum Gasteiger partial charge on any atom is 0.308 e. The van der Waals surface area contributed by atoms with Gasteiger partial charge in [0.1, 0.15) is 18.1 Å². The van der Waals surface area contributed by atoms with Crippen molar-refractivity contribution in [3.8, 4) is 11.5 Å². The normalized spacial score (nSPS) is 12.5. The van der Waals surface area contributed by atoms with Crippen LogP contribution in [-0.2, 0) is 13.1 Å². The maximum absolute atomic E-state index is 12.7. The van der Waals surface area contributed by atoms with E-state index >= 15 is 0 Å². The second kappa shape index (κ2) is 8.95. The summed E-state index contributed by atoms with van der Waals surface area (Å²) in [5, 5.41) is 3.34. The third kappa shape index (κ3) is 4.65. The van der Waals surface area contributed by atoms with Crippen LogP contribution in [0.25, 0.3) is 0 Å². The van der Waals surface area contributed by atoms with Gasteiger partial charge in [-0.3, -0.25) is 19.0 Å². The summed E-state index contributed by atoms with van der Waals surface area (Å²) >= 11 is 6.68. The number of carbonyl (C=O) groups excluding carboxylic acids is 2. The number of hydrogen-bond acceptors (Lipinski definition) is 6. The fourth-order valence-electron chi connectivity index (χ4n) is 3.20. The molecule has 0 radical (unpaired) electrons. The van der Waals surface area contributed by atoms with Crippen LogP contribution in [0.5, 0.6) is 11.5 Å². The van der Waals surface area contributed by atoms with E-state index in [2.05, 4.69) is 5.32 Å². The molecular formula is C22H19ClN2O5S. The van der Waals surface area contributed by atoms with Crippen molar-refractivity contribution >= 4 is 34.6 Å². The number of halogens is 1. The Labute approximate surface area is 187 Å². The molecule has 1 amide bonds. The summed E-state index contributed by atoms with van der Waals surface area (Å²) in [5.41, 5.74) is 1.75. The number of nitrogens with one attached hydrogen (secondary N) is 1. The average Bonchev–Trinajstić information content (AvgIpc) is 3.06. The molecule has 2 aromatic carbocycles. The summed E-state index contributed by atoms with van der Waals surface area (Å²) < 4.78 is 12.4. The minimum Gasteiger partial charge on any atom is -0.486 e. The van der Waals surface area contributed by atoms with Crippen molar-refractivity contribution in [2.45, 2.75) is 20.0 Å². The molecule has 3 aromatic rings. The molecule has 0 spiro atoms. The standard InChI is InChI=1S/C22H19ClN2O5S/c1-13-20(21(27)24-11-14-2-7-18-19(10-14)30-9-8-29-18)31-22(28)25(13)12-17(26)15-3-5-16(23)6-4-15/h2-7,10H,8-9,11-12H2,1H3,(H,24,27). The molecule has 0 atom stereocenters. The fourth-order valence-corrected chi connectivity index (χ4v) is 4.24. The second-order valence-corrected chi connectivity index (χ2v) is 8.36. The number of thiazole rings is 1. The molecule has 31 heavy (non-hydrogen) atoms. The van der Waals surface area contributed by atoms with E-state index in [0.29, 0.717) is 41.0 Å². The Morgan fingerprint density at radius 1 is 1.10 bits per heavy atom. The van der Waals surface area contributed by atoms with Gasteiger partial charge in [-0.15, -0.1) is 0 Å². The minimum absolute atomic E-state index is 0.141. The van der Waals surface area contributed by atoms with Crippen molar-refractivity contribution in [3.05, 3.63) is 78.9 Å². The van der Waals surface area contributed by atoms with Gasteiger partial charge in [0, 0.05) is 22.8 Å². The van der Waals surface area contributed by atoms with E-state index in [1.807, 2.05) is 12.1 Å². The summed E-state index contributed by atoms with van der Waals surface area (Å²) in [5.74, 6) is 0.721. The fraction of sp³-hybridized carbons (Fsp3) is 0.227. The molecule has 2 heterocycles. The zero-order chi connectivity index (χ0) is 22.0. The lowest BCUT2D eigenvalue weighted by atomic mass is 10.1. The van der Waals surface area contributed by atoms with Crippen LogP contribution in [-0.4, -0.2) is 29.5 Å². The van der Waals surface area contributed by atoms with Crippen LogP contribution in [0.15, 0.2) is 47.3 Å². The number of aromatic nitrogens is 1. The molecule has 1 aliphatic heterocycles. The molecule has 0 fully saturated rings. The molecule has 4 rings (SSSR count). The first-order valence-corrected chi connectivity index (χ1v) is 10.8. The molecule has 0 unspecified atom stereocenters. The van der Waals surface area contributed by atoms with Gasteiger partial charge in [0.2, 0.25) is 0 Å². The molecular weight excluding hydrogens is 440 g/mol. The van der Waals surface area contributed by atoms with Crippen molar-refractivity contribution in [2.75, 3.05) is 13.2 Å². The summed E-state index contributed by atoms with van der Waals surface area (Å²) in [7, 11) is 0. The first kappa shape index (κ1) is 21.1. The van der Waals surface area contributed by atoms with Gasteiger partial charge in [0.25, 0.3) is 5.91 Å². The molecule has 0 saturated heterocycles. The quantitative estimate of drug-likeness (QED) is 0.572. The summed E-state index contributed by atoms with van der Waals surface area (Å²) in [6.45, 7) is 2.78. The van der Waals surface area contributed by atoms with Gasteiger partial charge in [0.15, 0.2) is 17.3 Å². The molecule has 0 aliphatic carbocycles. The highest BCUT2D eigenvalue weighted by Crippen LogP contribution is 2.30. The number of nitrogens with zero attached hydrogens (tertiary/aromatic N) is 1. The van der Waals surface area contributed by atoms with E-state index in [9.17, 15) is 14.4 Å². The first-order valence-electron chi connectivity index (χ1n) is 9.58. The van der Waals surface area contributed by atoms with E-state index in [4.69, 9.17) is 21.1 Å². The Bertz CT molecular complexity index is 1200. The first-order chi connectivity index (χ1) is 14.9.